The molecule has 0 spiro atoms. The molecular formula is C19H19BrN4O. The lowest BCUT2D eigenvalue weighted by molar-refractivity contribution is 0.0932. The molecule has 1 N–H and O–H groups in total. The first kappa shape index (κ1) is 16.3. The average Bonchev–Trinajstić information content (AvgIpc) is 3.28. The van der Waals surface area contributed by atoms with Gasteiger partial charge in [-0.3, -0.25) is 9.48 Å². The van der Waals surface area contributed by atoms with Crippen molar-refractivity contribution in [3.8, 4) is 0 Å². The first-order chi connectivity index (χ1) is 11.9. The summed E-state index contributed by atoms with van der Waals surface area (Å²) in [6.07, 6.45) is 1.92. The number of hydrogen-bond donors (Lipinski definition) is 1. The van der Waals surface area contributed by atoms with Crippen LogP contribution in [-0.4, -0.2) is 20.7 Å². The van der Waals surface area contributed by atoms with Crippen LogP contribution in [0.25, 0.3) is 11.0 Å². The number of rotatable bonds is 3. The van der Waals surface area contributed by atoms with Gasteiger partial charge in [-0.15, -0.1) is 0 Å². The number of hydrogen-bond acceptors (Lipinski definition) is 3. The standard InChI is InChI=1S/C19H19BrN4O/c1-11-10-15(16-12(2)23-24(3)17(16)21-11)18(25)22-19(8-9-19)13-4-6-14(20)7-5-13/h4-7,10H,8-9H2,1-3H3,(H,22,25). The highest BCUT2D eigenvalue weighted by atomic mass is 79.9. The van der Waals surface area contributed by atoms with Crippen LogP contribution in [0.2, 0.25) is 0 Å². The van der Waals surface area contributed by atoms with Crippen molar-refractivity contribution in [1.82, 2.24) is 20.1 Å². The van der Waals surface area contributed by atoms with E-state index in [1.807, 2.05) is 39.1 Å². The van der Waals surface area contributed by atoms with Crippen LogP contribution in [0.1, 0.15) is 40.2 Å². The van der Waals surface area contributed by atoms with E-state index >= 15 is 0 Å². The second kappa shape index (κ2) is 5.66. The quantitative estimate of drug-likeness (QED) is 0.730. The van der Waals surface area contributed by atoms with Crippen LogP contribution in [0.5, 0.6) is 0 Å². The van der Waals surface area contributed by atoms with E-state index in [0.717, 1.165) is 45.3 Å². The van der Waals surface area contributed by atoms with Gasteiger partial charge < -0.3 is 5.32 Å². The number of carbonyl (C=O) groups excluding carboxylic acids is 1. The van der Waals surface area contributed by atoms with Crippen LogP contribution >= 0.6 is 15.9 Å². The number of nitrogens with zero attached hydrogens (tertiary/aromatic N) is 3. The highest BCUT2D eigenvalue weighted by Gasteiger charge is 2.46. The molecule has 1 fully saturated rings. The summed E-state index contributed by atoms with van der Waals surface area (Å²) in [6, 6.07) is 10.0. The normalized spacial score (nSPS) is 15.4. The van der Waals surface area contributed by atoms with Crippen LogP contribution in [0.15, 0.2) is 34.8 Å². The average molecular weight is 399 g/mol. The third-order valence-electron chi connectivity index (χ3n) is 4.84. The van der Waals surface area contributed by atoms with Crippen molar-refractivity contribution >= 4 is 32.9 Å². The van der Waals surface area contributed by atoms with Crippen LogP contribution in [0, 0.1) is 13.8 Å². The lowest BCUT2D eigenvalue weighted by Crippen LogP contribution is -2.35. The van der Waals surface area contributed by atoms with E-state index in [1.165, 1.54) is 0 Å². The number of nitrogens with one attached hydrogen (secondary N) is 1. The molecule has 0 radical (unpaired) electrons. The number of amides is 1. The molecule has 0 bridgehead atoms. The number of aromatic nitrogens is 3. The Labute approximate surface area is 154 Å². The SMILES string of the molecule is Cc1cc(C(=O)NC2(c3ccc(Br)cc3)CC2)c2c(C)nn(C)c2n1. The molecule has 3 aromatic rings. The van der Waals surface area contributed by atoms with Crippen molar-refractivity contribution in [2.24, 2.45) is 7.05 Å². The topological polar surface area (TPSA) is 59.8 Å². The summed E-state index contributed by atoms with van der Waals surface area (Å²) < 4.78 is 2.77. The number of fused-ring (bicyclic) bond motifs is 1. The van der Waals surface area contributed by atoms with Gasteiger partial charge in [0.25, 0.3) is 5.91 Å². The molecule has 1 saturated carbocycles. The zero-order valence-electron chi connectivity index (χ0n) is 14.4. The van der Waals surface area contributed by atoms with E-state index in [-0.39, 0.29) is 11.4 Å². The molecule has 1 aromatic carbocycles. The smallest absolute Gasteiger partial charge is 0.252 e. The predicted octanol–water partition coefficient (Wildman–Crippen LogP) is 3.77. The van der Waals surface area contributed by atoms with Crippen LogP contribution in [-0.2, 0) is 12.6 Å². The number of benzene rings is 1. The Morgan fingerprint density at radius 1 is 1.24 bits per heavy atom. The van der Waals surface area contributed by atoms with E-state index in [0.29, 0.717) is 5.56 Å². The number of pyridine rings is 1. The van der Waals surface area contributed by atoms with Crippen molar-refractivity contribution in [2.75, 3.05) is 0 Å². The van der Waals surface area contributed by atoms with Gasteiger partial charge in [0.2, 0.25) is 0 Å². The van der Waals surface area contributed by atoms with Crippen LogP contribution in [0.4, 0.5) is 0 Å². The first-order valence-electron chi connectivity index (χ1n) is 8.29. The molecular weight excluding hydrogens is 380 g/mol. The number of aryl methyl sites for hydroxylation is 3. The van der Waals surface area contributed by atoms with Gasteiger partial charge >= 0.3 is 0 Å². The summed E-state index contributed by atoms with van der Waals surface area (Å²) in [7, 11) is 1.85. The van der Waals surface area contributed by atoms with Gasteiger partial charge in [0.15, 0.2) is 5.65 Å². The predicted molar refractivity (Wildman–Crippen MR) is 101 cm³/mol. The fourth-order valence-corrected chi connectivity index (χ4v) is 3.68. The van der Waals surface area contributed by atoms with Gasteiger partial charge in [0.1, 0.15) is 0 Å². The Hall–Kier alpha value is -2.21. The molecule has 2 heterocycles. The summed E-state index contributed by atoms with van der Waals surface area (Å²) in [5.74, 6) is -0.0629. The van der Waals surface area contributed by atoms with Crippen LogP contribution in [0.3, 0.4) is 0 Å². The summed E-state index contributed by atoms with van der Waals surface area (Å²) in [5, 5.41) is 8.51. The van der Waals surface area contributed by atoms with Gasteiger partial charge in [0.05, 0.1) is 22.2 Å². The van der Waals surface area contributed by atoms with Gasteiger partial charge in [0, 0.05) is 17.2 Å². The molecule has 0 unspecified atom stereocenters. The maximum absolute atomic E-state index is 13.1. The monoisotopic (exact) mass is 398 g/mol. The highest BCUT2D eigenvalue weighted by Crippen LogP contribution is 2.46. The molecule has 1 amide bonds. The van der Waals surface area contributed by atoms with Gasteiger partial charge in [-0.25, -0.2) is 4.98 Å². The summed E-state index contributed by atoms with van der Waals surface area (Å²) in [5.41, 5.74) is 3.93. The van der Waals surface area contributed by atoms with Crippen molar-refractivity contribution in [3.63, 3.8) is 0 Å². The summed E-state index contributed by atoms with van der Waals surface area (Å²) in [4.78, 5) is 17.6. The van der Waals surface area contributed by atoms with E-state index in [2.05, 4.69) is 43.5 Å². The lowest BCUT2D eigenvalue weighted by atomic mass is 10.0. The lowest BCUT2D eigenvalue weighted by Gasteiger charge is -2.19. The molecule has 0 saturated heterocycles. The van der Waals surface area contributed by atoms with Crippen LogP contribution < -0.4 is 5.32 Å². The molecule has 4 rings (SSSR count). The van der Waals surface area contributed by atoms with Crippen molar-refractivity contribution in [1.29, 1.82) is 0 Å². The van der Waals surface area contributed by atoms with Gasteiger partial charge in [-0.2, -0.15) is 5.10 Å². The Kier molecular flexibility index (Phi) is 3.68. The van der Waals surface area contributed by atoms with Crippen molar-refractivity contribution in [3.05, 3.63) is 57.3 Å². The third-order valence-corrected chi connectivity index (χ3v) is 5.37. The number of halogens is 1. The zero-order valence-corrected chi connectivity index (χ0v) is 16.0. The number of carbonyl (C=O) groups is 1. The van der Waals surface area contributed by atoms with Gasteiger partial charge in [-0.05, 0) is 50.5 Å². The second-order valence-electron chi connectivity index (χ2n) is 6.76. The highest BCUT2D eigenvalue weighted by molar-refractivity contribution is 9.10. The minimum Gasteiger partial charge on any atom is -0.342 e. The van der Waals surface area contributed by atoms with E-state index in [9.17, 15) is 4.79 Å². The van der Waals surface area contributed by atoms with E-state index in [4.69, 9.17) is 0 Å². The van der Waals surface area contributed by atoms with Crippen molar-refractivity contribution in [2.45, 2.75) is 32.2 Å². The Balaban J connectivity index is 1.72. The fourth-order valence-electron chi connectivity index (χ4n) is 3.41. The van der Waals surface area contributed by atoms with Crippen molar-refractivity contribution < 1.29 is 4.79 Å². The molecule has 1 aliphatic carbocycles. The molecule has 0 atom stereocenters. The summed E-state index contributed by atoms with van der Waals surface area (Å²) in [6.45, 7) is 3.82. The maximum Gasteiger partial charge on any atom is 0.252 e. The second-order valence-corrected chi connectivity index (χ2v) is 7.68. The molecule has 1 aliphatic rings. The maximum atomic E-state index is 13.1. The summed E-state index contributed by atoms with van der Waals surface area (Å²) >= 11 is 3.46. The Morgan fingerprint density at radius 2 is 1.92 bits per heavy atom. The van der Waals surface area contributed by atoms with Gasteiger partial charge in [-0.1, -0.05) is 28.1 Å². The van der Waals surface area contributed by atoms with E-state index < -0.39 is 0 Å². The largest absolute Gasteiger partial charge is 0.342 e. The molecule has 5 nitrogen and oxygen atoms in total. The molecule has 2 aromatic heterocycles. The molecule has 25 heavy (non-hydrogen) atoms. The minimum atomic E-state index is -0.253. The Bertz CT molecular complexity index is 987. The third kappa shape index (κ3) is 2.74. The zero-order chi connectivity index (χ0) is 17.8. The first-order valence-corrected chi connectivity index (χ1v) is 9.08. The van der Waals surface area contributed by atoms with E-state index in [1.54, 1.807) is 4.68 Å². The fraction of sp³-hybridized carbons (Fsp3) is 0.316. The molecule has 128 valence electrons. The molecule has 0 aliphatic heterocycles. The molecule has 6 heteroatoms. The Morgan fingerprint density at radius 3 is 2.56 bits per heavy atom. The minimum absolute atomic E-state index is 0.0629.